The first-order valence-corrected chi connectivity index (χ1v) is 7.83. The third-order valence-electron chi connectivity index (χ3n) is 4.00. The van der Waals surface area contributed by atoms with E-state index in [9.17, 15) is 4.79 Å². The molecule has 0 radical (unpaired) electrons. The second-order valence-corrected chi connectivity index (χ2v) is 6.88. The zero-order chi connectivity index (χ0) is 14.6. The number of esters is 1. The van der Waals surface area contributed by atoms with Gasteiger partial charge in [-0.15, -0.1) is 0 Å². The van der Waals surface area contributed by atoms with E-state index in [1.54, 1.807) is 0 Å². The average Bonchev–Trinajstić information content (AvgIpc) is 2.38. The summed E-state index contributed by atoms with van der Waals surface area (Å²) >= 11 is 0. The van der Waals surface area contributed by atoms with Crippen molar-refractivity contribution in [1.82, 2.24) is 15.1 Å². The van der Waals surface area contributed by atoms with Crippen molar-refractivity contribution >= 4 is 5.97 Å². The van der Waals surface area contributed by atoms with E-state index < -0.39 is 0 Å². The van der Waals surface area contributed by atoms with Gasteiger partial charge in [-0.3, -0.25) is 14.6 Å². The number of carbonyl (C=O) groups excluding carboxylic acids is 1. The molecule has 1 N–H and O–H groups in total. The van der Waals surface area contributed by atoms with Crippen LogP contribution >= 0.6 is 0 Å². The van der Waals surface area contributed by atoms with Gasteiger partial charge in [-0.2, -0.15) is 0 Å². The van der Waals surface area contributed by atoms with E-state index >= 15 is 0 Å². The van der Waals surface area contributed by atoms with Gasteiger partial charge in [0.1, 0.15) is 5.60 Å². The van der Waals surface area contributed by atoms with Crippen LogP contribution in [0.25, 0.3) is 0 Å². The number of hydrogen-bond donors (Lipinski definition) is 1. The van der Waals surface area contributed by atoms with Crippen molar-refractivity contribution in [2.45, 2.75) is 45.3 Å². The Balaban J connectivity index is 1.70. The summed E-state index contributed by atoms with van der Waals surface area (Å²) in [4.78, 5) is 16.6. The highest BCUT2D eigenvalue weighted by Crippen LogP contribution is 2.15. The molecule has 2 aliphatic rings. The van der Waals surface area contributed by atoms with Crippen LogP contribution in [0.2, 0.25) is 0 Å². The van der Waals surface area contributed by atoms with Crippen LogP contribution in [0.4, 0.5) is 0 Å². The molecule has 20 heavy (non-hydrogen) atoms. The number of hydrogen-bond acceptors (Lipinski definition) is 5. The predicted molar refractivity (Wildman–Crippen MR) is 79.7 cm³/mol. The predicted octanol–water partition coefficient (Wildman–Crippen LogP) is 0.698. The van der Waals surface area contributed by atoms with E-state index in [1.165, 1.54) is 12.8 Å². The van der Waals surface area contributed by atoms with Crippen LogP contribution in [0.1, 0.15) is 33.6 Å². The Morgan fingerprint density at radius 3 is 2.30 bits per heavy atom. The number of nitrogens with zero attached hydrogens (tertiary/aromatic N) is 2. The number of ether oxygens (including phenoxy) is 1. The Bertz CT molecular complexity index is 314. The fourth-order valence-corrected chi connectivity index (χ4v) is 3.01. The van der Waals surface area contributed by atoms with Crippen LogP contribution in [-0.4, -0.2) is 73.2 Å². The Morgan fingerprint density at radius 2 is 1.75 bits per heavy atom. The van der Waals surface area contributed by atoms with Gasteiger partial charge in [0.05, 0.1) is 6.54 Å². The van der Waals surface area contributed by atoms with Crippen LogP contribution in [0.3, 0.4) is 0 Å². The third-order valence-corrected chi connectivity index (χ3v) is 4.00. The number of piperazine rings is 1. The van der Waals surface area contributed by atoms with E-state index in [1.807, 2.05) is 20.8 Å². The van der Waals surface area contributed by atoms with E-state index in [2.05, 4.69) is 15.1 Å². The molecule has 0 saturated carbocycles. The summed E-state index contributed by atoms with van der Waals surface area (Å²) < 4.78 is 5.38. The summed E-state index contributed by atoms with van der Waals surface area (Å²) in [5, 5.41) is 3.41. The minimum Gasteiger partial charge on any atom is -0.459 e. The smallest absolute Gasteiger partial charge is 0.320 e. The first kappa shape index (κ1) is 15.7. The standard InChI is InChI=1S/C15H29N3O2/c1-15(2,3)20-14(19)12-17-8-10-18(11-9-17)13-4-6-16-7-5-13/h13,16H,4-12H2,1-3H3. The maximum absolute atomic E-state index is 11.8. The van der Waals surface area contributed by atoms with E-state index in [0.717, 1.165) is 45.3 Å². The molecule has 0 atom stereocenters. The lowest BCUT2D eigenvalue weighted by molar-refractivity contribution is -0.156. The lowest BCUT2D eigenvalue weighted by Gasteiger charge is -2.40. The van der Waals surface area contributed by atoms with Crippen LogP contribution in [0.15, 0.2) is 0 Å². The summed E-state index contributed by atoms with van der Waals surface area (Å²) in [6, 6.07) is 0.736. The zero-order valence-electron chi connectivity index (χ0n) is 13.2. The quantitative estimate of drug-likeness (QED) is 0.773. The number of rotatable bonds is 3. The fourth-order valence-electron chi connectivity index (χ4n) is 3.01. The normalized spacial score (nSPS) is 23.8. The van der Waals surface area contributed by atoms with Gasteiger partial charge in [0.15, 0.2) is 0 Å². The van der Waals surface area contributed by atoms with Crippen LogP contribution in [0.5, 0.6) is 0 Å². The Labute approximate surface area is 122 Å². The van der Waals surface area contributed by atoms with Gasteiger partial charge < -0.3 is 10.1 Å². The molecule has 5 heteroatoms. The minimum atomic E-state index is -0.381. The maximum Gasteiger partial charge on any atom is 0.320 e. The summed E-state index contributed by atoms with van der Waals surface area (Å²) in [6.07, 6.45) is 2.51. The van der Waals surface area contributed by atoms with Gasteiger partial charge in [0.25, 0.3) is 0 Å². The number of piperidine rings is 1. The first-order chi connectivity index (χ1) is 9.44. The second kappa shape index (κ2) is 6.87. The van der Waals surface area contributed by atoms with Crippen molar-refractivity contribution in [1.29, 1.82) is 0 Å². The molecule has 0 aromatic heterocycles. The summed E-state index contributed by atoms with van der Waals surface area (Å²) in [5.74, 6) is -0.104. The van der Waals surface area contributed by atoms with Gasteiger partial charge in [-0.25, -0.2) is 0 Å². The SMILES string of the molecule is CC(C)(C)OC(=O)CN1CCN(C2CCNCC2)CC1. The van der Waals surface area contributed by atoms with Gasteiger partial charge in [0.2, 0.25) is 0 Å². The monoisotopic (exact) mass is 283 g/mol. The van der Waals surface area contributed by atoms with Crippen molar-refractivity contribution < 1.29 is 9.53 Å². The van der Waals surface area contributed by atoms with Gasteiger partial charge >= 0.3 is 5.97 Å². The lowest BCUT2D eigenvalue weighted by Crippen LogP contribution is -2.53. The number of nitrogens with one attached hydrogen (secondary N) is 1. The molecule has 0 spiro atoms. The van der Waals surface area contributed by atoms with Crippen molar-refractivity contribution in [3.05, 3.63) is 0 Å². The molecule has 2 fully saturated rings. The van der Waals surface area contributed by atoms with Gasteiger partial charge in [-0.1, -0.05) is 0 Å². The zero-order valence-corrected chi connectivity index (χ0v) is 13.2. The molecule has 0 amide bonds. The van der Waals surface area contributed by atoms with Crippen molar-refractivity contribution in [3.63, 3.8) is 0 Å². The topological polar surface area (TPSA) is 44.8 Å². The molecule has 0 aromatic carbocycles. The third kappa shape index (κ3) is 5.04. The molecule has 0 bridgehead atoms. The van der Waals surface area contributed by atoms with E-state index in [0.29, 0.717) is 6.54 Å². The summed E-state index contributed by atoms with van der Waals surface area (Å²) in [5.41, 5.74) is -0.381. The largest absolute Gasteiger partial charge is 0.459 e. The van der Waals surface area contributed by atoms with Crippen LogP contribution < -0.4 is 5.32 Å². The molecule has 2 rings (SSSR count). The highest BCUT2D eigenvalue weighted by Gasteiger charge is 2.26. The number of carbonyl (C=O) groups is 1. The van der Waals surface area contributed by atoms with Crippen molar-refractivity contribution in [2.24, 2.45) is 0 Å². The first-order valence-electron chi connectivity index (χ1n) is 7.83. The summed E-state index contributed by atoms with van der Waals surface area (Å²) in [6.45, 7) is 12.6. The molecule has 0 aromatic rings. The molecule has 2 aliphatic heterocycles. The van der Waals surface area contributed by atoms with Crippen molar-refractivity contribution in [2.75, 3.05) is 45.8 Å². The Morgan fingerprint density at radius 1 is 1.15 bits per heavy atom. The van der Waals surface area contributed by atoms with E-state index in [-0.39, 0.29) is 11.6 Å². The fraction of sp³-hybridized carbons (Fsp3) is 0.933. The molecule has 0 aliphatic carbocycles. The molecule has 5 nitrogen and oxygen atoms in total. The highest BCUT2D eigenvalue weighted by atomic mass is 16.6. The molecular weight excluding hydrogens is 254 g/mol. The van der Waals surface area contributed by atoms with Crippen LogP contribution in [0, 0.1) is 0 Å². The molecule has 2 heterocycles. The maximum atomic E-state index is 11.8. The second-order valence-electron chi connectivity index (χ2n) is 6.88. The average molecular weight is 283 g/mol. The molecule has 116 valence electrons. The van der Waals surface area contributed by atoms with Gasteiger partial charge in [0, 0.05) is 32.2 Å². The van der Waals surface area contributed by atoms with Crippen LogP contribution in [-0.2, 0) is 9.53 Å². The van der Waals surface area contributed by atoms with Crippen molar-refractivity contribution in [3.8, 4) is 0 Å². The minimum absolute atomic E-state index is 0.104. The van der Waals surface area contributed by atoms with Gasteiger partial charge in [-0.05, 0) is 46.7 Å². The Kier molecular flexibility index (Phi) is 5.41. The molecular formula is C15H29N3O2. The molecule has 2 saturated heterocycles. The lowest BCUT2D eigenvalue weighted by atomic mass is 10.0. The summed E-state index contributed by atoms with van der Waals surface area (Å²) in [7, 11) is 0. The molecule has 0 unspecified atom stereocenters. The Hall–Kier alpha value is -0.650. The highest BCUT2D eigenvalue weighted by molar-refractivity contribution is 5.72. The van der Waals surface area contributed by atoms with E-state index in [4.69, 9.17) is 4.74 Å².